The summed E-state index contributed by atoms with van der Waals surface area (Å²) in [5.74, 6) is -3.40. The molecule has 0 aromatic heterocycles. The first-order valence-electron chi connectivity index (χ1n) is 5.43. The number of hydrogen-bond donors (Lipinski definition) is 1. The minimum absolute atomic E-state index is 0.0312. The lowest BCUT2D eigenvalue weighted by Crippen LogP contribution is -2.33. The highest BCUT2D eigenvalue weighted by atomic mass is 19.1. The van der Waals surface area contributed by atoms with Crippen molar-refractivity contribution in [2.75, 3.05) is 20.2 Å². The van der Waals surface area contributed by atoms with Gasteiger partial charge in [-0.25, -0.2) is 8.78 Å². The smallest absolute Gasteiger partial charge is 0.305 e. The fourth-order valence-electron chi connectivity index (χ4n) is 1.23. The number of benzene rings is 1. The average Bonchev–Trinajstić information content (AvgIpc) is 2.34. The minimum Gasteiger partial charge on any atom is -0.481 e. The Bertz CT molecular complexity index is 479. The van der Waals surface area contributed by atoms with Crippen molar-refractivity contribution in [3.05, 3.63) is 29.8 Å². The molecule has 0 bridgehead atoms. The Kier molecular flexibility index (Phi) is 5.23. The molecular formula is C12H13F2NO4. The number of amides is 1. The van der Waals surface area contributed by atoms with Crippen molar-refractivity contribution in [1.82, 2.24) is 4.90 Å². The molecule has 1 rings (SSSR count). The maximum Gasteiger partial charge on any atom is 0.305 e. The van der Waals surface area contributed by atoms with Crippen LogP contribution in [0.25, 0.3) is 0 Å². The number of carbonyl (C=O) groups excluding carboxylic acids is 1. The van der Waals surface area contributed by atoms with E-state index in [4.69, 9.17) is 9.84 Å². The molecule has 0 heterocycles. The van der Waals surface area contributed by atoms with Gasteiger partial charge in [0.05, 0.1) is 6.42 Å². The second-order valence-electron chi connectivity index (χ2n) is 3.82. The fraction of sp³-hybridized carbons (Fsp3) is 0.333. The molecule has 1 amide bonds. The van der Waals surface area contributed by atoms with Crippen LogP contribution >= 0.6 is 0 Å². The largest absolute Gasteiger partial charge is 0.481 e. The second-order valence-corrected chi connectivity index (χ2v) is 3.82. The van der Waals surface area contributed by atoms with E-state index in [-0.39, 0.29) is 18.7 Å². The Hall–Kier alpha value is -2.18. The van der Waals surface area contributed by atoms with Gasteiger partial charge in [-0.3, -0.25) is 9.59 Å². The van der Waals surface area contributed by atoms with Crippen LogP contribution in [0.5, 0.6) is 5.75 Å². The first kappa shape index (κ1) is 14.9. The number of hydrogen-bond acceptors (Lipinski definition) is 3. The SMILES string of the molecule is CN(CCC(=O)O)C(=O)COc1ccc(F)cc1F. The van der Waals surface area contributed by atoms with Gasteiger partial charge < -0.3 is 14.7 Å². The van der Waals surface area contributed by atoms with Crippen LogP contribution in [-0.4, -0.2) is 42.1 Å². The molecule has 0 unspecified atom stereocenters. The van der Waals surface area contributed by atoms with Crippen LogP contribution in [0.2, 0.25) is 0 Å². The van der Waals surface area contributed by atoms with Gasteiger partial charge in [-0.2, -0.15) is 0 Å². The molecule has 0 aliphatic carbocycles. The maximum absolute atomic E-state index is 13.2. The average molecular weight is 273 g/mol. The summed E-state index contributed by atoms with van der Waals surface area (Å²) in [7, 11) is 1.41. The molecule has 5 nitrogen and oxygen atoms in total. The van der Waals surface area contributed by atoms with Crippen LogP contribution in [0.4, 0.5) is 8.78 Å². The van der Waals surface area contributed by atoms with Crippen LogP contribution in [-0.2, 0) is 9.59 Å². The van der Waals surface area contributed by atoms with Crippen LogP contribution < -0.4 is 4.74 Å². The summed E-state index contributed by atoms with van der Waals surface area (Å²) in [6, 6.07) is 2.74. The van der Waals surface area contributed by atoms with E-state index < -0.39 is 30.1 Å². The highest BCUT2D eigenvalue weighted by Gasteiger charge is 2.12. The third-order valence-electron chi connectivity index (χ3n) is 2.33. The van der Waals surface area contributed by atoms with Gasteiger partial charge in [-0.1, -0.05) is 0 Å². The number of carboxylic acid groups (broad SMARTS) is 1. The quantitative estimate of drug-likeness (QED) is 0.847. The third kappa shape index (κ3) is 4.90. The summed E-state index contributed by atoms with van der Waals surface area (Å²) in [6.45, 7) is -0.415. The van der Waals surface area contributed by atoms with Gasteiger partial charge in [0.1, 0.15) is 5.82 Å². The first-order chi connectivity index (χ1) is 8.90. The van der Waals surface area contributed by atoms with Crippen LogP contribution in [0.3, 0.4) is 0 Å². The van der Waals surface area contributed by atoms with E-state index in [9.17, 15) is 18.4 Å². The van der Waals surface area contributed by atoms with Crippen molar-refractivity contribution in [2.24, 2.45) is 0 Å². The molecule has 0 saturated heterocycles. The summed E-state index contributed by atoms with van der Waals surface area (Å²) in [4.78, 5) is 23.0. The molecule has 1 N–H and O–H groups in total. The summed E-state index contributed by atoms with van der Waals surface area (Å²) < 4.78 is 30.7. The number of halogens is 2. The molecule has 0 saturated carbocycles. The topological polar surface area (TPSA) is 66.8 Å². The van der Waals surface area contributed by atoms with Crippen molar-refractivity contribution in [2.45, 2.75) is 6.42 Å². The predicted molar refractivity (Wildman–Crippen MR) is 61.7 cm³/mol. The molecule has 7 heteroatoms. The van der Waals surface area contributed by atoms with Gasteiger partial charge in [0.2, 0.25) is 0 Å². The van der Waals surface area contributed by atoms with E-state index in [1.165, 1.54) is 7.05 Å². The van der Waals surface area contributed by atoms with Gasteiger partial charge in [0.15, 0.2) is 18.2 Å². The Balaban J connectivity index is 2.47. The van der Waals surface area contributed by atoms with Gasteiger partial charge in [0, 0.05) is 19.7 Å². The minimum atomic E-state index is -1.02. The number of nitrogens with zero attached hydrogens (tertiary/aromatic N) is 1. The maximum atomic E-state index is 13.2. The number of rotatable bonds is 6. The molecule has 0 radical (unpaired) electrons. The molecule has 0 aliphatic heterocycles. The zero-order valence-corrected chi connectivity index (χ0v) is 10.2. The van der Waals surface area contributed by atoms with Crippen molar-refractivity contribution >= 4 is 11.9 Å². The monoisotopic (exact) mass is 273 g/mol. The molecule has 0 aliphatic rings. The highest BCUT2D eigenvalue weighted by molar-refractivity contribution is 5.78. The van der Waals surface area contributed by atoms with E-state index >= 15 is 0 Å². The van der Waals surface area contributed by atoms with E-state index in [0.717, 1.165) is 17.0 Å². The van der Waals surface area contributed by atoms with Crippen LogP contribution in [0, 0.1) is 11.6 Å². The Morgan fingerprint density at radius 3 is 2.63 bits per heavy atom. The zero-order valence-electron chi connectivity index (χ0n) is 10.2. The zero-order chi connectivity index (χ0) is 14.4. The highest BCUT2D eigenvalue weighted by Crippen LogP contribution is 2.17. The number of ether oxygens (including phenoxy) is 1. The van der Waals surface area contributed by atoms with Gasteiger partial charge in [-0.15, -0.1) is 0 Å². The van der Waals surface area contributed by atoms with E-state index in [2.05, 4.69) is 0 Å². The lowest BCUT2D eigenvalue weighted by Gasteiger charge is -2.16. The van der Waals surface area contributed by atoms with E-state index in [0.29, 0.717) is 6.07 Å². The Labute approximate surface area is 108 Å². The van der Waals surface area contributed by atoms with E-state index in [1.807, 2.05) is 0 Å². The molecule has 0 atom stereocenters. The van der Waals surface area contributed by atoms with Crippen LogP contribution in [0.1, 0.15) is 6.42 Å². The summed E-state index contributed by atoms with van der Waals surface area (Å²) in [5, 5.41) is 8.46. The Morgan fingerprint density at radius 1 is 1.37 bits per heavy atom. The van der Waals surface area contributed by atoms with Gasteiger partial charge >= 0.3 is 5.97 Å². The molecular weight excluding hydrogens is 260 g/mol. The Morgan fingerprint density at radius 2 is 2.05 bits per heavy atom. The van der Waals surface area contributed by atoms with Crippen molar-refractivity contribution < 1.29 is 28.2 Å². The van der Waals surface area contributed by atoms with Gasteiger partial charge in [-0.05, 0) is 12.1 Å². The predicted octanol–water partition coefficient (Wildman–Crippen LogP) is 1.28. The fourth-order valence-corrected chi connectivity index (χ4v) is 1.23. The van der Waals surface area contributed by atoms with Crippen LogP contribution in [0.15, 0.2) is 18.2 Å². The molecule has 104 valence electrons. The molecule has 1 aromatic carbocycles. The van der Waals surface area contributed by atoms with Crippen molar-refractivity contribution in [3.63, 3.8) is 0 Å². The third-order valence-corrected chi connectivity index (χ3v) is 2.33. The number of likely N-dealkylation sites (N-methyl/N-ethyl adjacent to an activating group) is 1. The molecule has 19 heavy (non-hydrogen) atoms. The summed E-state index contributed by atoms with van der Waals surface area (Å²) in [5.41, 5.74) is 0. The van der Waals surface area contributed by atoms with E-state index in [1.54, 1.807) is 0 Å². The number of carboxylic acids is 1. The first-order valence-corrected chi connectivity index (χ1v) is 5.43. The standard InChI is InChI=1S/C12H13F2NO4/c1-15(5-4-12(17)18)11(16)7-19-10-3-2-8(13)6-9(10)14/h2-3,6H,4-5,7H2,1H3,(H,17,18). The second kappa shape index (κ2) is 6.67. The van der Waals surface area contributed by atoms with Crippen molar-refractivity contribution in [3.8, 4) is 5.75 Å². The van der Waals surface area contributed by atoms with Crippen molar-refractivity contribution in [1.29, 1.82) is 0 Å². The molecule has 0 fully saturated rings. The number of aliphatic carboxylic acids is 1. The lowest BCUT2D eigenvalue weighted by atomic mass is 10.3. The molecule has 0 spiro atoms. The summed E-state index contributed by atoms with van der Waals surface area (Å²) in [6.07, 6.45) is -0.187. The van der Waals surface area contributed by atoms with Gasteiger partial charge in [0.25, 0.3) is 5.91 Å². The number of carbonyl (C=O) groups is 2. The summed E-state index contributed by atoms with van der Waals surface area (Å²) >= 11 is 0. The lowest BCUT2D eigenvalue weighted by molar-refractivity contribution is -0.138. The normalized spacial score (nSPS) is 10.1. The molecule has 1 aromatic rings.